The van der Waals surface area contributed by atoms with Gasteiger partial charge in [-0.2, -0.15) is 0 Å². The first kappa shape index (κ1) is 28.7. The van der Waals surface area contributed by atoms with E-state index in [2.05, 4.69) is 21.2 Å². The molecule has 0 aromatic heterocycles. The van der Waals surface area contributed by atoms with Gasteiger partial charge in [-0.3, -0.25) is 13.9 Å². The van der Waals surface area contributed by atoms with Crippen molar-refractivity contribution in [2.24, 2.45) is 0 Å². The highest BCUT2D eigenvalue weighted by molar-refractivity contribution is 9.10. The van der Waals surface area contributed by atoms with E-state index in [1.165, 1.54) is 29.2 Å². The molecule has 0 radical (unpaired) electrons. The molecule has 0 saturated carbocycles. The van der Waals surface area contributed by atoms with Gasteiger partial charge in [-0.15, -0.1) is 0 Å². The third-order valence-corrected chi connectivity index (χ3v) is 8.30. The molecular weight excluding hydrogens is 578 g/mol. The molecule has 1 atom stereocenters. The molecule has 0 saturated heterocycles. The number of halogens is 2. The highest BCUT2D eigenvalue weighted by atomic mass is 79.9. The highest BCUT2D eigenvalue weighted by Gasteiger charge is 2.32. The maximum atomic E-state index is 13.8. The van der Waals surface area contributed by atoms with Crippen molar-refractivity contribution in [1.82, 2.24) is 10.2 Å². The number of hydrogen-bond acceptors (Lipinski definition) is 4. The third-order valence-electron chi connectivity index (χ3n) is 5.76. The molecule has 3 rings (SSSR count). The van der Waals surface area contributed by atoms with Crippen LogP contribution in [0.4, 0.5) is 5.69 Å². The van der Waals surface area contributed by atoms with Gasteiger partial charge >= 0.3 is 0 Å². The second-order valence-corrected chi connectivity index (χ2v) is 11.7. The second kappa shape index (κ2) is 12.6. The summed E-state index contributed by atoms with van der Waals surface area (Å²) in [6, 6.07) is 19.2. The molecule has 37 heavy (non-hydrogen) atoms. The zero-order chi connectivity index (χ0) is 27.2. The van der Waals surface area contributed by atoms with Crippen LogP contribution in [0.5, 0.6) is 0 Å². The minimum absolute atomic E-state index is 0.000546. The van der Waals surface area contributed by atoms with E-state index >= 15 is 0 Å². The van der Waals surface area contributed by atoms with Gasteiger partial charge in [0.15, 0.2) is 0 Å². The summed E-state index contributed by atoms with van der Waals surface area (Å²) in [5.74, 6) is -0.842. The Labute approximate surface area is 231 Å². The number of benzene rings is 3. The topological polar surface area (TPSA) is 86.8 Å². The van der Waals surface area contributed by atoms with Gasteiger partial charge in [0.1, 0.15) is 12.6 Å². The van der Waals surface area contributed by atoms with E-state index in [1.54, 1.807) is 38.1 Å². The Kier molecular flexibility index (Phi) is 9.75. The predicted molar refractivity (Wildman–Crippen MR) is 150 cm³/mol. The lowest BCUT2D eigenvalue weighted by molar-refractivity contribution is -0.139. The normalized spacial score (nSPS) is 12.0. The van der Waals surface area contributed by atoms with Gasteiger partial charge in [0.2, 0.25) is 11.8 Å². The third kappa shape index (κ3) is 7.34. The van der Waals surface area contributed by atoms with Gasteiger partial charge in [0.25, 0.3) is 10.0 Å². The zero-order valence-corrected chi connectivity index (χ0v) is 24.0. The number of likely N-dealkylation sites (N-methyl/N-ethyl adjacent to an activating group) is 1. The van der Waals surface area contributed by atoms with E-state index in [1.807, 2.05) is 31.2 Å². The number of carbonyl (C=O) groups excluding carboxylic acids is 2. The maximum Gasteiger partial charge on any atom is 0.264 e. The van der Waals surface area contributed by atoms with Gasteiger partial charge in [0.05, 0.1) is 10.6 Å². The molecule has 1 N–H and O–H groups in total. The Morgan fingerprint density at radius 3 is 2.27 bits per heavy atom. The molecule has 0 aliphatic rings. The second-order valence-electron chi connectivity index (χ2n) is 8.52. The Balaban J connectivity index is 2.02. The van der Waals surface area contributed by atoms with Crippen LogP contribution in [0.15, 0.2) is 82.2 Å². The van der Waals surface area contributed by atoms with Crippen molar-refractivity contribution in [1.29, 1.82) is 0 Å². The van der Waals surface area contributed by atoms with Crippen LogP contribution in [-0.4, -0.2) is 44.3 Å². The van der Waals surface area contributed by atoms with Crippen molar-refractivity contribution in [3.63, 3.8) is 0 Å². The number of sulfonamides is 1. The molecule has 0 unspecified atom stereocenters. The summed E-state index contributed by atoms with van der Waals surface area (Å²) in [4.78, 5) is 27.9. The molecule has 2 amide bonds. The largest absolute Gasteiger partial charge is 0.355 e. The molecule has 3 aromatic rings. The van der Waals surface area contributed by atoms with Crippen molar-refractivity contribution >= 4 is 55.1 Å². The van der Waals surface area contributed by atoms with Crippen LogP contribution in [0.1, 0.15) is 25.0 Å². The van der Waals surface area contributed by atoms with Crippen LogP contribution in [0.2, 0.25) is 5.02 Å². The smallest absolute Gasteiger partial charge is 0.264 e. The molecule has 3 aromatic carbocycles. The summed E-state index contributed by atoms with van der Waals surface area (Å²) < 4.78 is 29.3. The van der Waals surface area contributed by atoms with E-state index < -0.39 is 28.5 Å². The summed E-state index contributed by atoms with van der Waals surface area (Å²) >= 11 is 9.40. The van der Waals surface area contributed by atoms with Crippen LogP contribution >= 0.6 is 27.5 Å². The Morgan fingerprint density at radius 1 is 1.03 bits per heavy atom. The SMILES string of the molecule is CCNC(=O)[C@@H](C)N(Cc1cccc(Br)c1)C(=O)CN(c1ccc(C)cc1)S(=O)(=O)c1ccc(Cl)cc1. The predicted octanol–water partition coefficient (Wildman–Crippen LogP) is 5.16. The van der Waals surface area contributed by atoms with Gasteiger partial charge in [0, 0.05) is 22.6 Å². The molecule has 0 aliphatic heterocycles. The number of nitrogens with zero attached hydrogens (tertiary/aromatic N) is 2. The van der Waals surface area contributed by atoms with E-state index in [9.17, 15) is 18.0 Å². The quantitative estimate of drug-likeness (QED) is 0.346. The monoisotopic (exact) mass is 605 g/mol. The van der Waals surface area contributed by atoms with E-state index in [4.69, 9.17) is 11.6 Å². The van der Waals surface area contributed by atoms with E-state index in [-0.39, 0.29) is 17.3 Å². The number of anilines is 1. The molecule has 0 spiro atoms. The van der Waals surface area contributed by atoms with Crippen LogP contribution in [-0.2, 0) is 26.2 Å². The zero-order valence-electron chi connectivity index (χ0n) is 20.8. The number of nitrogens with one attached hydrogen (secondary N) is 1. The maximum absolute atomic E-state index is 13.8. The average Bonchev–Trinajstić information content (AvgIpc) is 2.86. The number of rotatable bonds is 10. The van der Waals surface area contributed by atoms with E-state index in [0.717, 1.165) is 19.9 Å². The number of hydrogen-bond donors (Lipinski definition) is 1. The lowest BCUT2D eigenvalue weighted by Gasteiger charge is -2.32. The van der Waals surface area contributed by atoms with E-state index in [0.29, 0.717) is 17.3 Å². The Bertz CT molecular complexity index is 1350. The van der Waals surface area contributed by atoms with Crippen LogP contribution < -0.4 is 9.62 Å². The lowest BCUT2D eigenvalue weighted by atomic mass is 10.1. The molecule has 0 fully saturated rings. The molecule has 196 valence electrons. The summed E-state index contributed by atoms with van der Waals surface area (Å²) in [6.45, 7) is 5.35. The molecule has 0 aliphatic carbocycles. The van der Waals surface area contributed by atoms with Gasteiger partial charge in [-0.1, -0.05) is 57.4 Å². The fraction of sp³-hybridized carbons (Fsp3) is 0.259. The summed E-state index contributed by atoms with van der Waals surface area (Å²) in [5, 5.41) is 3.14. The highest BCUT2D eigenvalue weighted by Crippen LogP contribution is 2.26. The molecule has 10 heteroatoms. The van der Waals surface area contributed by atoms with Crippen LogP contribution in [0.25, 0.3) is 0 Å². The standard InChI is InChI=1S/C27H29BrClN3O4S/c1-4-30-27(34)20(3)31(17-21-6-5-7-22(28)16-21)26(33)18-32(24-12-8-19(2)9-13-24)37(35,36)25-14-10-23(29)11-15-25/h5-16,20H,4,17-18H2,1-3H3,(H,30,34)/t20-/m1/s1. The number of aryl methyl sites for hydroxylation is 1. The molecular formula is C27H29BrClN3O4S. The minimum atomic E-state index is -4.13. The summed E-state index contributed by atoms with van der Waals surface area (Å²) in [7, 11) is -4.13. The molecule has 0 heterocycles. The number of amides is 2. The summed E-state index contributed by atoms with van der Waals surface area (Å²) in [5.41, 5.74) is 2.07. The van der Waals surface area contributed by atoms with Crippen LogP contribution in [0.3, 0.4) is 0 Å². The molecule has 0 bridgehead atoms. The van der Waals surface area contributed by atoms with Crippen molar-refractivity contribution in [2.45, 2.75) is 38.3 Å². The number of carbonyl (C=O) groups is 2. The Hall–Kier alpha value is -2.88. The summed E-state index contributed by atoms with van der Waals surface area (Å²) in [6.07, 6.45) is 0. The first-order valence-electron chi connectivity index (χ1n) is 11.7. The van der Waals surface area contributed by atoms with Crippen LogP contribution in [0, 0.1) is 6.92 Å². The van der Waals surface area contributed by atoms with Gasteiger partial charge in [-0.05, 0) is 74.9 Å². The van der Waals surface area contributed by atoms with Gasteiger partial charge < -0.3 is 10.2 Å². The van der Waals surface area contributed by atoms with Crippen molar-refractivity contribution < 1.29 is 18.0 Å². The lowest BCUT2D eigenvalue weighted by Crippen LogP contribution is -2.51. The average molecular weight is 607 g/mol. The first-order chi connectivity index (χ1) is 17.5. The first-order valence-corrected chi connectivity index (χ1v) is 14.3. The van der Waals surface area contributed by atoms with Crippen molar-refractivity contribution in [2.75, 3.05) is 17.4 Å². The van der Waals surface area contributed by atoms with Gasteiger partial charge in [-0.25, -0.2) is 8.42 Å². The fourth-order valence-electron chi connectivity index (χ4n) is 3.71. The fourth-order valence-corrected chi connectivity index (χ4v) is 5.70. The van der Waals surface area contributed by atoms with Crippen molar-refractivity contribution in [3.05, 3.63) is 93.4 Å². The van der Waals surface area contributed by atoms with Crippen molar-refractivity contribution in [3.8, 4) is 0 Å². The molecule has 7 nitrogen and oxygen atoms in total. The minimum Gasteiger partial charge on any atom is -0.355 e. The Morgan fingerprint density at radius 2 is 1.68 bits per heavy atom.